The Kier molecular flexibility index (Phi) is 5.14. The standard InChI is InChI=1S/C17H16FNO3/c1-21-16-8-2-12(3-9-17(19)20)10-13(16)11-22-15-6-4-14(18)5-7-15/h2-10H,11H2,1H3,(H2,19,20)/b9-3-. The van der Waals surface area contributed by atoms with Crippen molar-refractivity contribution in [3.05, 3.63) is 65.5 Å². The summed E-state index contributed by atoms with van der Waals surface area (Å²) in [6.07, 6.45) is 2.90. The van der Waals surface area contributed by atoms with Gasteiger partial charge in [0.05, 0.1) is 7.11 Å². The highest BCUT2D eigenvalue weighted by Gasteiger charge is 2.05. The molecule has 114 valence electrons. The van der Waals surface area contributed by atoms with Gasteiger partial charge < -0.3 is 15.2 Å². The normalized spacial score (nSPS) is 10.6. The number of rotatable bonds is 6. The first kappa shape index (κ1) is 15.6. The molecule has 2 aromatic rings. The van der Waals surface area contributed by atoms with Crippen molar-refractivity contribution in [1.29, 1.82) is 0 Å². The molecule has 0 unspecified atom stereocenters. The van der Waals surface area contributed by atoms with Gasteiger partial charge in [-0.25, -0.2) is 4.39 Å². The van der Waals surface area contributed by atoms with E-state index in [-0.39, 0.29) is 12.4 Å². The summed E-state index contributed by atoms with van der Waals surface area (Å²) in [5, 5.41) is 0. The molecule has 5 heteroatoms. The molecule has 0 heterocycles. The second-order valence-corrected chi connectivity index (χ2v) is 4.55. The minimum atomic E-state index is -0.514. The van der Waals surface area contributed by atoms with Crippen LogP contribution in [0.5, 0.6) is 11.5 Å². The molecule has 1 amide bonds. The summed E-state index contributed by atoms with van der Waals surface area (Å²) in [6.45, 7) is 0.257. The van der Waals surface area contributed by atoms with E-state index >= 15 is 0 Å². The van der Waals surface area contributed by atoms with Crippen LogP contribution in [0.3, 0.4) is 0 Å². The van der Waals surface area contributed by atoms with E-state index in [0.717, 1.165) is 11.1 Å². The van der Waals surface area contributed by atoms with Gasteiger partial charge in [0.25, 0.3) is 0 Å². The molecule has 0 bridgehead atoms. The number of halogens is 1. The number of primary amides is 1. The molecule has 22 heavy (non-hydrogen) atoms. The van der Waals surface area contributed by atoms with E-state index in [4.69, 9.17) is 15.2 Å². The van der Waals surface area contributed by atoms with Gasteiger partial charge in [-0.3, -0.25) is 4.79 Å². The zero-order valence-corrected chi connectivity index (χ0v) is 12.1. The van der Waals surface area contributed by atoms with Gasteiger partial charge in [0.15, 0.2) is 0 Å². The highest BCUT2D eigenvalue weighted by molar-refractivity contribution is 5.90. The third-order valence-corrected chi connectivity index (χ3v) is 2.95. The predicted octanol–water partition coefficient (Wildman–Crippen LogP) is 2.91. The summed E-state index contributed by atoms with van der Waals surface area (Å²) in [5.74, 6) is 0.392. The maximum atomic E-state index is 12.9. The molecule has 4 nitrogen and oxygen atoms in total. The van der Waals surface area contributed by atoms with Gasteiger partial charge in [-0.05, 0) is 48.0 Å². The van der Waals surface area contributed by atoms with Crippen LogP contribution in [-0.4, -0.2) is 13.0 Å². The molecule has 0 aliphatic rings. The Balaban J connectivity index is 2.15. The summed E-state index contributed by atoms with van der Waals surface area (Å²) in [6, 6.07) is 11.2. The fourth-order valence-electron chi connectivity index (χ4n) is 1.89. The minimum absolute atomic E-state index is 0.257. The Morgan fingerprint density at radius 3 is 2.59 bits per heavy atom. The molecule has 0 spiro atoms. The summed E-state index contributed by atoms with van der Waals surface area (Å²) >= 11 is 0. The lowest BCUT2D eigenvalue weighted by Crippen LogP contribution is -2.05. The first-order chi connectivity index (χ1) is 10.6. The molecule has 0 saturated heterocycles. The Morgan fingerprint density at radius 1 is 1.23 bits per heavy atom. The summed E-state index contributed by atoms with van der Waals surface area (Å²) in [5.41, 5.74) is 6.68. The maximum absolute atomic E-state index is 12.9. The summed E-state index contributed by atoms with van der Waals surface area (Å²) in [7, 11) is 1.57. The average Bonchev–Trinajstić information content (AvgIpc) is 2.52. The molecule has 0 saturated carbocycles. The zero-order chi connectivity index (χ0) is 15.9. The van der Waals surface area contributed by atoms with Crippen LogP contribution >= 0.6 is 0 Å². The van der Waals surface area contributed by atoms with E-state index in [1.807, 2.05) is 6.07 Å². The van der Waals surface area contributed by atoms with Gasteiger partial charge in [-0.2, -0.15) is 0 Å². The van der Waals surface area contributed by atoms with Crippen molar-refractivity contribution >= 4 is 12.0 Å². The van der Waals surface area contributed by atoms with Crippen LogP contribution in [0.4, 0.5) is 4.39 Å². The van der Waals surface area contributed by atoms with Crippen LogP contribution in [0.25, 0.3) is 6.08 Å². The van der Waals surface area contributed by atoms with E-state index in [0.29, 0.717) is 11.5 Å². The van der Waals surface area contributed by atoms with Gasteiger partial charge >= 0.3 is 0 Å². The highest BCUT2D eigenvalue weighted by atomic mass is 19.1. The second-order valence-electron chi connectivity index (χ2n) is 4.55. The van der Waals surface area contributed by atoms with E-state index in [9.17, 15) is 9.18 Å². The molecule has 0 aromatic heterocycles. The molecule has 2 N–H and O–H groups in total. The van der Waals surface area contributed by atoms with Crippen molar-refractivity contribution in [3.8, 4) is 11.5 Å². The lowest BCUT2D eigenvalue weighted by molar-refractivity contribution is -0.113. The first-order valence-corrected chi connectivity index (χ1v) is 6.61. The smallest absolute Gasteiger partial charge is 0.241 e. The van der Waals surface area contributed by atoms with Crippen LogP contribution < -0.4 is 15.2 Å². The summed E-state index contributed by atoms with van der Waals surface area (Å²) in [4.78, 5) is 10.8. The Hall–Kier alpha value is -2.82. The van der Waals surface area contributed by atoms with E-state index in [1.165, 1.54) is 18.2 Å². The molecule has 0 fully saturated rings. The number of methoxy groups -OCH3 is 1. The van der Waals surface area contributed by atoms with Gasteiger partial charge in [-0.1, -0.05) is 6.07 Å². The van der Waals surface area contributed by atoms with Crippen molar-refractivity contribution in [3.63, 3.8) is 0 Å². The van der Waals surface area contributed by atoms with E-state index in [1.54, 1.807) is 37.5 Å². The fourth-order valence-corrected chi connectivity index (χ4v) is 1.89. The SMILES string of the molecule is COc1ccc(/C=C\C(N)=O)cc1COc1ccc(F)cc1. The Labute approximate surface area is 128 Å². The van der Waals surface area contributed by atoms with Crippen molar-refractivity contribution in [2.24, 2.45) is 5.73 Å². The van der Waals surface area contributed by atoms with Crippen molar-refractivity contribution in [2.75, 3.05) is 7.11 Å². The predicted molar refractivity (Wildman–Crippen MR) is 82.0 cm³/mol. The Bertz CT molecular complexity index is 681. The van der Waals surface area contributed by atoms with Crippen molar-refractivity contribution < 1.29 is 18.7 Å². The van der Waals surface area contributed by atoms with Crippen LogP contribution in [-0.2, 0) is 11.4 Å². The lowest BCUT2D eigenvalue weighted by Gasteiger charge is -2.11. The number of benzene rings is 2. The topological polar surface area (TPSA) is 61.5 Å². The molecule has 2 aromatic carbocycles. The molecule has 0 aliphatic heterocycles. The van der Waals surface area contributed by atoms with E-state index < -0.39 is 5.91 Å². The fraction of sp³-hybridized carbons (Fsp3) is 0.118. The van der Waals surface area contributed by atoms with Gasteiger partial charge in [0.2, 0.25) is 5.91 Å². The second kappa shape index (κ2) is 7.26. The molecule has 0 atom stereocenters. The van der Waals surface area contributed by atoms with Gasteiger partial charge in [0, 0.05) is 11.6 Å². The minimum Gasteiger partial charge on any atom is -0.496 e. The highest BCUT2D eigenvalue weighted by Crippen LogP contribution is 2.23. The number of hydrogen-bond acceptors (Lipinski definition) is 3. The van der Waals surface area contributed by atoms with Crippen LogP contribution in [0.15, 0.2) is 48.5 Å². The van der Waals surface area contributed by atoms with Crippen LogP contribution in [0, 0.1) is 5.82 Å². The number of nitrogens with two attached hydrogens (primary N) is 1. The number of hydrogen-bond donors (Lipinski definition) is 1. The number of carbonyl (C=O) groups excluding carboxylic acids is 1. The van der Waals surface area contributed by atoms with Crippen molar-refractivity contribution in [1.82, 2.24) is 0 Å². The monoisotopic (exact) mass is 301 g/mol. The maximum Gasteiger partial charge on any atom is 0.241 e. The Morgan fingerprint density at radius 2 is 1.95 bits per heavy atom. The zero-order valence-electron chi connectivity index (χ0n) is 12.1. The van der Waals surface area contributed by atoms with E-state index in [2.05, 4.69) is 0 Å². The quantitative estimate of drug-likeness (QED) is 0.834. The van der Waals surface area contributed by atoms with Crippen LogP contribution in [0.1, 0.15) is 11.1 Å². The third kappa shape index (κ3) is 4.34. The largest absolute Gasteiger partial charge is 0.496 e. The van der Waals surface area contributed by atoms with Crippen molar-refractivity contribution in [2.45, 2.75) is 6.61 Å². The van der Waals surface area contributed by atoms with Crippen LogP contribution in [0.2, 0.25) is 0 Å². The third-order valence-electron chi connectivity index (χ3n) is 2.95. The molecular weight excluding hydrogens is 285 g/mol. The molecular formula is C17H16FNO3. The van der Waals surface area contributed by atoms with Gasteiger partial charge in [0.1, 0.15) is 23.9 Å². The first-order valence-electron chi connectivity index (χ1n) is 6.61. The number of ether oxygens (including phenoxy) is 2. The average molecular weight is 301 g/mol. The summed E-state index contributed by atoms with van der Waals surface area (Å²) < 4.78 is 23.7. The number of carbonyl (C=O) groups is 1. The number of amides is 1. The lowest BCUT2D eigenvalue weighted by atomic mass is 10.1. The molecule has 0 aliphatic carbocycles. The molecule has 0 radical (unpaired) electrons. The molecule has 2 rings (SSSR count). The van der Waals surface area contributed by atoms with Gasteiger partial charge in [-0.15, -0.1) is 0 Å².